The maximum atomic E-state index is 13.0. The molecule has 2 aromatic carbocycles. The van der Waals surface area contributed by atoms with Crippen molar-refractivity contribution in [2.45, 2.75) is 38.4 Å². The number of thioether (sulfide) groups is 1. The highest BCUT2D eigenvalue weighted by Crippen LogP contribution is 2.25. The topological polar surface area (TPSA) is 57.5 Å². The lowest BCUT2D eigenvalue weighted by atomic mass is 10.1. The number of hydrogen-bond acceptors (Lipinski definition) is 5. The number of carbonyl (C=O) groups excluding carboxylic acids is 2. The lowest BCUT2D eigenvalue weighted by Crippen LogP contribution is -2.25. The number of alkyl halides is 2. The van der Waals surface area contributed by atoms with Gasteiger partial charge >= 0.3 is 12.6 Å². The summed E-state index contributed by atoms with van der Waals surface area (Å²) in [7, 11) is 0. The van der Waals surface area contributed by atoms with Crippen molar-refractivity contribution in [3.63, 3.8) is 0 Å². The van der Waals surface area contributed by atoms with Crippen LogP contribution in [-0.4, -0.2) is 34.8 Å². The summed E-state index contributed by atoms with van der Waals surface area (Å²) in [6, 6.07) is 14.9. The number of Topliss-reactive ketones (excluding diaryl/α,β-unsaturated/α-hetero) is 1. The number of aromatic nitrogens is 1. The van der Waals surface area contributed by atoms with E-state index in [0.717, 1.165) is 10.6 Å². The van der Waals surface area contributed by atoms with Gasteiger partial charge in [-0.2, -0.15) is 8.78 Å². The Labute approximate surface area is 199 Å². The molecular weight excluding hydrogens is 472 g/mol. The van der Waals surface area contributed by atoms with Gasteiger partial charge in [0.2, 0.25) is 5.78 Å². The van der Waals surface area contributed by atoms with Crippen molar-refractivity contribution in [1.82, 2.24) is 4.57 Å². The number of rotatable bonds is 9. The van der Waals surface area contributed by atoms with Crippen LogP contribution in [0.4, 0.5) is 8.78 Å². The average Bonchev–Trinajstić information content (AvgIpc) is 3.07. The zero-order chi connectivity index (χ0) is 24.1. The molecule has 0 radical (unpaired) electrons. The zero-order valence-electron chi connectivity index (χ0n) is 18.2. The minimum atomic E-state index is -2.90. The Morgan fingerprint density at radius 1 is 1.06 bits per heavy atom. The predicted octanol–water partition coefficient (Wildman–Crippen LogP) is 6.26. The molecule has 0 bridgehead atoms. The molecule has 1 heterocycles. The van der Waals surface area contributed by atoms with Crippen molar-refractivity contribution < 1.29 is 27.8 Å². The monoisotopic (exact) mass is 493 g/mol. The van der Waals surface area contributed by atoms with Crippen molar-refractivity contribution >= 4 is 35.1 Å². The van der Waals surface area contributed by atoms with Crippen LogP contribution in [0.15, 0.2) is 59.5 Å². The van der Waals surface area contributed by atoms with E-state index in [1.165, 1.54) is 30.8 Å². The Kier molecular flexibility index (Phi) is 8.15. The van der Waals surface area contributed by atoms with Gasteiger partial charge in [0.05, 0.1) is 5.75 Å². The van der Waals surface area contributed by atoms with Crippen LogP contribution in [-0.2, 0) is 9.53 Å². The third-order valence-electron chi connectivity index (χ3n) is 4.86. The number of nitrogens with zero attached hydrogens (tertiary/aromatic N) is 1. The number of aryl methyl sites for hydroxylation is 1. The maximum Gasteiger partial charge on any atom is 0.387 e. The number of halogens is 3. The molecule has 1 aromatic heterocycles. The molecule has 3 rings (SSSR count). The Morgan fingerprint density at radius 2 is 1.70 bits per heavy atom. The highest BCUT2D eigenvalue weighted by atomic mass is 35.5. The van der Waals surface area contributed by atoms with Gasteiger partial charge in [0, 0.05) is 32.6 Å². The fourth-order valence-electron chi connectivity index (χ4n) is 3.36. The van der Waals surface area contributed by atoms with Crippen LogP contribution >= 0.6 is 23.4 Å². The second kappa shape index (κ2) is 10.9. The summed E-state index contributed by atoms with van der Waals surface area (Å²) in [6.45, 7) is 2.24. The molecule has 3 aromatic rings. The maximum absolute atomic E-state index is 13.0. The highest BCUT2D eigenvalue weighted by molar-refractivity contribution is 8.00. The van der Waals surface area contributed by atoms with Crippen LogP contribution < -0.4 is 4.74 Å². The lowest BCUT2D eigenvalue weighted by Gasteiger charge is -2.14. The van der Waals surface area contributed by atoms with E-state index >= 15 is 0 Å². The van der Waals surface area contributed by atoms with Gasteiger partial charge in [0.25, 0.3) is 0 Å². The van der Waals surface area contributed by atoms with E-state index in [-0.39, 0.29) is 17.3 Å². The van der Waals surface area contributed by atoms with Crippen molar-refractivity contribution in [1.29, 1.82) is 0 Å². The molecule has 1 unspecified atom stereocenters. The normalized spacial score (nSPS) is 12.0. The Balaban J connectivity index is 1.67. The predicted molar refractivity (Wildman–Crippen MR) is 124 cm³/mol. The molecule has 174 valence electrons. The summed E-state index contributed by atoms with van der Waals surface area (Å²) in [5, 5.41) is 0.608. The van der Waals surface area contributed by atoms with Gasteiger partial charge in [-0.25, -0.2) is 0 Å². The Hall–Kier alpha value is -2.84. The fourth-order valence-corrected chi connectivity index (χ4v) is 4.17. The van der Waals surface area contributed by atoms with Crippen LogP contribution in [0.1, 0.15) is 28.7 Å². The van der Waals surface area contributed by atoms with Gasteiger partial charge in [-0.1, -0.05) is 11.6 Å². The number of esters is 1. The molecule has 0 aliphatic heterocycles. The minimum Gasteiger partial charge on any atom is -0.454 e. The molecule has 0 aliphatic carbocycles. The SMILES string of the molecule is Cc1cc(C(=O)C(C)OC(=O)CSc2ccc(Cl)cc2)c(C)n1-c1ccc(OC(F)F)cc1. The van der Waals surface area contributed by atoms with E-state index in [0.29, 0.717) is 22.0 Å². The number of carbonyl (C=O) groups is 2. The van der Waals surface area contributed by atoms with E-state index in [9.17, 15) is 18.4 Å². The van der Waals surface area contributed by atoms with E-state index in [1.807, 2.05) is 11.5 Å². The van der Waals surface area contributed by atoms with Crippen LogP contribution in [0, 0.1) is 13.8 Å². The smallest absolute Gasteiger partial charge is 0.387 e. The standard InChI is InChI=1S/C24H22ClF2NO4S/c1-14-12-21(15(2)28(14)18-6-8-19(9-7-18)32-24(26)27)23(30)16(3)31-22(29)13-33-20-10-4-17(25)5-11-20/h4-12,16,24H,13H2,1-3H3. The summed E-state index contributed by atoms with van der Waals surface area (Å²) in [4.78, 5) is 26.1. The molecule has 0 spiro atoms. The quantitative estimate of drug-likeness (QED) is 0.200. The van der Waals surface area contributed by atoms with E-state index in [4.69, 9.17) is 16.3 Å². The Morgan fingerprint density at radius 3 is 2.30 bits per heavy atom. The number of ether oxygens (including phenoxy) is 2. The average molecular weight is 494 g/mol. The summed E-state index contributed by atoms with van der Waals surface area (Å²) in [5.74, 6) is -0.716. The van der Waals surface area contributed by atoms with E-state index in [1.54, 1.807) is 49.4 Å². The lowest BCUT2D eigenvalue weighted by molar-refractivity contribution is -0.143. The molecule has 0 fully saturated rings. The van der Waals surface area contributed by atoms with Crippen LogP contribution in [0.25, 0.3) is 5.69 Å². The minimum absolute atomic E-state index is 0.0458. The van der Waals surface area contributed by atoms with Crippen molar-refractivity contribution in [2.75, 3.05) is 5.75 Å². The molecule has 0 aliphatic rings. The first kappa shape index (κ1) is 24.8. The third kappa shape index (κ3) is 6.36. The number of hydrogen-bond donors (Lipinski definition) is 0. The second-order valence-electron chi connectivity index (χ2n) is 7.23. The molecule has 9 heteroatoms. The van der Waals surface area contributed by atoms with Crippen molar-refractivity contribution in [3.8, 4) is 11.4 Å². The largest absolute Gasteiger partial charge is 0.454 e. The number of benzene rings is 2. The third-order valence-corrected chi connectivity index (χ3v) is 6.10. The van der Waals surface area contributed by atoms with Gasteiger partial charge in [0.15, 0.2) is 6.10 Å². The first-order valence-corrected chi connectivity index (χ1v) is 11.4. The van der Waals surface area contributed by atoms with Crippen LogP contribution in [0.3, 0.4) is 0 Å². The summed E-state index contributed by atoms with van der Waals surface area (Å²) < 4.78 is 36.3. The van der Waals surface area contributed by atoms with Crippen molar-refractivity contribution in [3.05, 3.63) is 76.6 Å². The molecule has 0 saturated heterocycles. The molecule has 33 heavy (non-hydrogen) atoms. The van der Waals surface area contributed by atoms with Gasteiger partial charge in [-0.05, 0) is 75.4 Å². The van der Waals surface area contributed by atoms with E-state index in [2.05, 4.69) is 4.74 Å². The summed E-state index contributed by atoms with van der Waals surface area (Å²) in [5.41, 5.74) is 2.54. The van der Waals surface area contributed by atoms with E-state index < -0.39 is 18.7 Å². The molecule has 0 saturated carbocycles. The summed E-state index contributed by atoms with van der Waals surface area (Å²) >= 11 is 7.15. The second-order valence-corrected chi connectivity index (χ2v) is 8.72. The van der Waals surface area contributed by atoms with Crippen LogP contribution in [0.5, 0.6) is 5.75 Å². The van der Waals surface area contributed by atoms with Gasteiger partial charge in [-0.15, -0.1) is 11.8 Å². The summed E-state index contributed by atoms with van der Waals surface area (Å²) in [6.07, 6.45) is -0.959. The molecule has 0 amide bonds. The first-order valence-electron chi connectivity index (χ1n) is 10.0. The zero-order valence-corrected chi connectivity index (χ0v) is 19.8. The first-order chi connectivity index (χ1) is 15.7. The van der Waals surface area contributed by atoms with Gasteiger partial charge in [0.1, 0.15) is 5.75 Å². The number of ketones is 1. The Bertz CT molecular complexity index is 1130. The molecule has 0 N–H and O–H groups in total. The van der Waals surface area contributed by atoms with Crippen LogP contribution in [0.2, 0.25) is 5.02 Å². The van der Waals surface area contributed by atoms with Crippen molar-refractivity contribution in [2.24, 2.45) is 0 Å². The highest BCUT2D eigenvalue weighted by Gasteiger charge is 2.24. The molecule has 5 nitrogen and oxygen atoms in total. The fraction of sp³-hybridized carbons (Fsp3) is 0.250. The van der Waals surface area contributed by atoms with Gasteiger partial charge < -0.3 is 14.0 Å². The molecule has 1 atom stereocenters. The van der Waals surface area contributed by atoms with Gasteiger partial charge in [-0.3, -0.25) is 9.59 Å². The molecular formula is C24H22ClF2NO4S.